The van der Waals surface area contributed by atoms with Crippen LogP contribution >= 0.6 is 23.2 Å². The van der Waals surface area contributed by atoms with Crippen LogP contribution in [0.4, 0.5) is 0 Å². The molecule has 0 spiro atoms. The standard InChI is InChI=1S/C17H15Cl2NO2/c18-15-8-3-9-16(19)14(15)7-4-10-20-17(22)13-6-2-1-5-12(13)11-21/h1-3,5-6,8-9,11H,4,7,10H2,(H,20,22). The maximum Gasteiger partial charge on any atom is 0.252 e. The zero-order valence-electron chi connectivity index (χ0n) is 11.8. The minimum absolute atomic E-state index is 0.257. The van der Waals surface area contributed by atoms with Gasteiger partial charge in [-0.15, -0.1) is 0 Å². The van der Waals surface area contributed by atoms with E-state index in [1.54, 1.807) is 42.5 Å². The van der Waals surface area contributed by atoms with E-state index in [0.29, 0.717) is 46.8 Å². The fraction of sp³-hybridized carbons (Fsp3) is 0.176. The number of hydrogen-bond donors (Lipinski definition) is 1. The summed E-state index contributed by atoms with van der Waals surface area (Å²) in [7, 11) is 0. The predicted octanol–water partition coefficient (Wildman–Crippen LogP) is 4.17. The third-order valence-corrected chi connectivity index (χ3v) is 3.99. The SMILES string of the molecule is O=Cc1ccccc1C(=O)NCCCc1c(Cl)cccc1Cl. The molecule has 1 amide bonds. The number of carbonyl (C=O) groups excluding carboxylic acids is 2. The third-order valence-electron chi connectivity index (χ3n) is 3.28. The van der Waals surface area contributed by atoms with Gasteiger partial charge in [0.15, 0.2) is 6.29 Å². The summed E-state index contributed by atoms with van der Waals surface area (Å²) in [6.07, 6.45) is 2.06. The van der Waals surface area contributed by atoms with Crippen molar-refractivity contribution in [2.75, 3.05) is 6.54 Å². The topological polar surface area (TPSA) is 46.2 Å². The van der Waals surface area contributed by atoms with E-state index in [0.717, 1.165) is 5.56 Å². The number of rotatable bonds is 6. The molecular weight excluding hydrogens is 321 g/mol. The van der Waals surface area contributed by atoms with Gasteiger partial charge in [-0.2, -0.15) is 0 Å². The first-order chi connectivity index (χ1) is 10.6. The summed E-state index contributed by atoms with van der Waals surface area (Å²) in [5.41, 5.74) is 1.65. The maximum atomic E-state index is 12.0. The highest BCUT2D eigenvalue weighted by atomic mass is 35.5. The number of nitrogens with one attached hydrogen (secondary N) is 1. The molecule has 2 rings (SSSR count). The fourth-order valence-corrected chi connectivity index (χ4v) is 2.73. The molecular formula is C17H15Cl2NO2. The Hall–Kier alpha value is -1.84. The first kappa shape index (κ1) is 16.5. The van der Waals surface area contributed by atoms with Crippen molar-refractivity contribution in [1.82, 2.24) is 5.32 Å². The van der Waals surface area contributed by atoms with E-state index in [4.69, 9.17) is 23.2 Å². The number of benzene rings is 2. The monoisotopic (exact) mass is 335 g/mol. The normalized spacial score (nSPS) is 10.3. The molecule has 0 bridgehead atoms. The second kappa shape index (κ2) is 7.97. The molecule has 0 saturated heterocycles. The van der Waals surface area contributed by atoms with Crippen molar-refractivity contribution < 1.29 is 9.59 Å². The van der Waals surface area contributed by atoms with Gasteiger partial charge in [-0.25, -0.2) is 0 Å². The lowest BCUT2D eigenvalue weighted by atomic mass is 10.1. The Morgan fingerprint density at radius 3 is 2.41 bits per heavy atom. The summed E-state index contributed by atoms with van der Waals surface area (Å²) >= 11 is 12.2. The number of amides is 1. The van der Waals surface area contributed by atoms with Crippen molar-refractivity contribution in [3.05, 3.63) is 69.2 Å². The highest BCUT2D eigenvalue weighted by molar-refractivity contribution is 6.35. The van der Waals surface area contributed by atoms with Gasteiger partial charge in [-0.3, -0.25) is 9.59 Å². The minimum Gasteiger partial charge on any atom is -0.352 e. The molecule has 0 atom stereocenters. The summed E-state index contributed by atoms with van der Waals surface area (Å²) in [6, 6.07) is 12.1. The first-order valence-electron chi connectivity index (χ1n) is 6.88. The molecule has 1 N–H and O–H groups in total. The molecule has 2 aromatic carbocycles. The van der Waals surface area contributed by atoms with Crippen molar-refractivity contribution in [1.29, 1.82) is 0 Å². The number of hydrogen-bond acceptors (Lipinski definition) is 2. The summed E-state index contributed by atoms with van der Waals surface area (Å²) in [4.78, 5) is 23.0. The molecule has 5 heteroatoms. The van der Waals surface area contributed by atoms with Gasteiger partial charge in [0.1, 0.15) is 0 Å². The molecule has 0 aromatic heterocycles. The summed E-state index contributed by atoms with van der Waals surface area (Å²) in [5.74, 6) is -0.257. The van der Waals surface area contributed by atoms with E-state index in [2.05, 4.69) is 5.32 Å². The van der Waals surface area contributed by atoms with Crippen molar-refractivity contribution in [2.45, 2.75) is 12.8 Å². The van der Waals surface area contributed by atoms with Crippen LogP contribution in [0.15, 0.2) is 42.5 Å². The van der Waals surface area contributed by atoms with Crippen LogP contribution < -0.4 is 5.32 Å². The van der Waals surface area contributed by atoms with Crippen LogP contribution in [-0.2, 0) is 6.42 Å². The van der Waals surface area contributed by atoms with Gasteiger partial charge in [-0.05, 0) is 36.6 Å². The Kier molecular flexibility index (Phi) is 5.99. The molecule has 114 valence electrons. The second-order valence-electron chi connectivity index (χ2n) is 4.76. The van der Waals surface area contributed by atoms with Crippen LogP contribution in [0.3, 0.4) is 0 Å². The average Bonchev–Trinajstić information content (AvgIpc) is 2.53. The molecule has 0 aliphatic rings. The van der Waals surface area contributed by atoms with Crippen molar-refractivity contribution >= 4 is 35.4 Å². The molecule has 0 radical (unpaired) electrons. The van der Waals surface area contributed by atoms with Crippen LogP contribution in [-0.4, -0.2) is 18.7 Å². The molecule has 0 aliphatic carbocycles. The maximum absolute atomic E-state index is 12.0. The molecule has 2 aromatic rings. The van der Waals surface area contributed by atoms with Gasteiger partial charge in [-0.1, -0.05) is 47.5 Å². The highest BCUT2D eigenvalue weighted by Gasteiger charge is 2.10. The molecule has 0 fully saturated rings. The Bertz CT molecular complexity index is 666. The lowest BCUT2D eigenvalue weighted by molar-refractivity contribution is 0.0947. The highest BCUT2D eigenvalue weighted by Crippen LogP contribution is 2.25. The van der Waals surface area contributed by atoms with Gasteiger partial charge < -0.3 is 5.32 Å². The zero-order valence-corrected chi connectivity index (χ0v) is 13.3. The first-order valence-corrected chi connectivity index (χ1v) is 7.64. The number of carbonyl (C=O) groups is 2. The van der Waals surface area contributed by atoms with Crippen molar-refractivity contribution in [3.63, 3.8) is 0 Å². The van der Waals surface area contributed by atoms with Gasteiger partial charge in [0, 0.05) is 27.7 Å². The van der Waals surface area contributed by atoms with Crippen LogP contribution in [0.5, 0.6) is 0 Å². The molecule has 22 heavy (non-hydrogen) atoms. The zero-order chi connectivity index (χ0) is 15.9. The van der Waals surface area contributed by atoms with Crippen LogP contribution in [0.2, 0.25) is 10.0 Å². The van der Waals surface area contributed by atoms with Crippen molar-refractivity contribution in [3.8, 4) is 0 Å². The Morgan fingerprint density at radius 2 is 1.73 bits per heavy atom. The van der Waals surface area contributed by atoms with Gasteiger partial charge >= 0.3 is 0 Å². The Morgan fingerprint density at radius 1 is 1.05 bits per heavy atom. The van der Waals surface area contributed by atoms with E-state index in [1.165, 1.54) is 0 Å². The van der Waals surface area contributed by atoms with E-state index < -0.39 is 0 Å². The minimum atomic E-state index is -0.257. The molecule has 0 aliphatic heterocycles. The summed E-state index contributed by atoms with van der Waals surface area (Å²) < 4.78 is 0. The van der Waals surface area contributed by atoms with E-state index >= 15 is 0 Å². The predicted molar refractivity (Wildman–Crippen MR) is 88.9 cm³/mol. The van der Waals surface area contributed by atoms with Gasteiger partial charge in [0.05, 0.1) is 0 Å². The van der Waals surface area contributed by atoms with E-state index in [-0.39, 0.29) is 5.91 Å². The molecule has 3 nitrogen and oxygen atoms in total. The molecule has 0 heterocycles. The lowest BCUT2D eigenvalue weighted by Gasteiger charge is -2.09. The van der Waals surface area contributed by atoms with E-state index in [1.807, 2.05) is 0 Å². The number of aldehydes is 1. The summed E-state index contributed by atoms with van der Waals surface area (Å²) in [6.45, 7) is 0.480. The third kappa shape index (κ3) is 4.09. The largest absolute Gasteiger partial charge is 0.352 e. The van der Waals surface area contributed by atoms with Crippen LogP contribution in [0, 0.1) is 0 Å². The lowest BCUT2D eigenvalue weighted by Crippen LogP contribution is -2.25. The Balaban J connectivity index is 1.89. The molecule has 0 saturated carbocycles. The molecule has 0 unspecified atom stereocenters. The number of halogens is 2. The van der Waals surface area contributed by atoms with E-state index in [9.17, 15) is 9.59 Å². The van der Waals surface area contributed by atoms with Crippen LogP contribution in [0.1, 0.15) is 32.7 Å². The second-order valence-corrected chi connectivity index (χ2v) is 5.58. The van der Waals surface area contributed by atoms with Gasteiger partial charge in [0.2, 0.25) is 0 Å². The smallest absolute Gasteiger partial charge is 0.252 e. The van der Waals surface area contributed by atoms with Gasteiger partial charge in [0.25, 0.3) is 5.91 Å². The van der Waals surface area contributed by atoms with Crippen molar-refractivity contribution in [2.24, 2.45) is 0 Å². The average molecular weight is 336 g/mol. The quantitative estimate of drug-likeness (QED) is 0.636. The Labute approximate surface area is 139 Å². The summed E-state index contributed by atoms with van der Waals surface area (Å²) in [5, 5.41) is 4.06. The van der Waals surface area contributed by atoms with Crippen LogP contribution in [0.25, 0.3) is 0 Å². The fourth-order valence-electron chi connectivity index (χ4n) is 2.14.